The summed E-state index contributed by atoms with van der Waals surface area (Å²) in [5.41, 5.74) is 1.15. The predicted molar refractivity (Wildman–Crippen MR) is 116 cm³/mol. The van der Waals surface area contributed by atoms with E-state index in [-0.39, 0.29) is 17.4 Å². The number of halogens is 1. The third kappa shape index (κ3) is 5.25. The van der Waals surface area contributed by atoms with Crippen LogP contribution in [0, 0.1) is 11.8 Å². The lowest BCUT2D eigenvalue weighted by atomic mass is 9.89. The van der Waals surface area contributed by atoms with Gasteiger partial charge in [-0.3, -0.25) is 0 Å². The van der Waals surface area contributed by atoms with E-state index in [1.165, 1.54) is 4.88 Å². The maximum atomic E-state index is 10.4. The lowest BCUT2D eigenvalue weighted by Gasteiger charge is -2.20. The third-order valence-electron chi connectivity index (χ3n) is 5.33. The van der Waals surface area contributed by atoms with Crippen molar-refractivity contribution in [3.05, 3.63) is 69.9 Å². The first-order chi connectivity index (χ1) is 13.1. The fourth-order valence-electron chi connectivity index (χ4n) is 3.82. The van der Waals surface area contributed by atoms with E-state index >= 15 is 0 Å². The number of aliphatic hydroxyl groups excluding tert-OH is 2. The van der Waals surface area contributed by atoms with Crippen LogP contribution < -0.4 is 0 Å². The number of hydrogen-bond donors (Lipinski definition) is 2. The third-order valence-corrected chi connectivity index (χ3v) is 7.00. The highest BCUT2D eigenvalue weighted by Crippen LogP contribution is 2.40. The average molecular weight is 403 g/mol. The predicted octanol–water partition coefficient (Wildman–Crippen LogP) is 6.31. The number of hydrogen-bond acceptors (Lipinski definition) is 3. The zero-order valence-electron chi connectivity index (χ0n) is 15.6. The quantitative estimate of drug-likeness (QED) is 0.421. The van der Waals surface area contributed by atoms with Crippen LogP contribution in [-0.2, 0) is 6.42 Å². The van der Waals surface area contributed by atoms with Crippen LogP contribution in [0.1, 0.15) is 41.5 Å². The topological polar surface area (TPSA) is 40.5 Å². The van der Waals surface area contributed by atoms with E-state index in [0.717, 1.165) is 29.7 Å². The van der Waals surface area contributed by atoms with E-state index in [0.29, 0.717) is 18.1 Å². The van der Waals surface area contributed by atoms with Gasteiger partial charge in [-0.25, -0.2) is 0 Å². The van der Waals surface area contributed by atoms with E-state index < -0.39 is 0 Å². The zero-order valence-corrected chi connectivity index (χ0v) is 17.2. The van der Waals surface area contributed by atoms with Gasteiger partial charge in [-0.1, -0.05) is 42.5 Å². The molecule has 0 saturated heterocycles. The number of benzene rings is 1. The number of alkyl halides is 1. The minimum Gasteiger partial charge on any atom is -0.507 e. The maximum Gasteiger partial charge on any atom is 0.128 e. The molecule has 0 bridgehead atoms. The Morgan fingerprint density at radius 3 is 2.74 bits per heavy atom. The molecule has 0 unspecified atom stereocenters. The second-order valence-corrected chi connectivity index (χ2v) is 8.89. The Labute approximate surface area is 170 Å². The van der Waals surface area contributed by atoms with Gasteiger partial charge in [0, 0.05) is 16.2 Å². The summed E-state index contributed by atoms with van der Waals surface area (Å²) in [5.74, 6) is 0.751. The van der Waals surface area contributed by atoms with Gasteiger partial charge >= 0.3 is 0 Å². The summed E-state index contributed by atoms with van der Waals surface area (Å²) in [5, 5.41) is 20.3. The molecule has 0 radical (unpaired) electrons. The molecular weight excluding hydrogens is 376 g/mol. The summed E-state index contributed by atoms with van der Waals surface area (Å²) in [6.07, 6.45) is 9.27. The van der Waals surface area contributed by atoms with Crippen LogP contribution in [-0.4, -0.2) is 21.7 Å². The molecule has 2 aromatic rings. The average Bonchev–Trinajstić information content (AvgIpc) is 3.25. The minimum absolute atomic E-state index is 0.0244. The molecule has 144 valence electrons. The van der Waals surface area contributed by atoms with E-state index in [2.05, 4.69) is 30.4 Å². The molecule has 0 spiro atoms. The number of aliphatic hydroxyl groups is 2. The monoisotopic (exact) mass is 402 g/mol. The van der Waals surface area contributed by atoms with E-state index in [9.17, 15) is 10.2 Å². The largest absolute Gasteiger partial charge is 0.507 e. The molecule has 27 heavy (non-hydrogen) atoms. The number of rotatable bonds is 7. The highest BCUT2D eigenvalue weighted by molar-refractivity contribution is 7.13. The summed E-state index contributed by atoms with van der Waals surface area (Å²) in [7, 11) is 0. The zero-order chi connectivity index (χ0) is 19.2. The second kappa shape index (κ2) is 9.59. The molecule has 4 atom stereocenters. The highest BCUT2D eigenvalue weighted by Gasteiger charge is 2.39. The molecule has 1 aliphatic rings. The van der Waals surface area contributed by atoms with Crippen molar-refractivity contribution in [2.24, 2.45) is 11.8 Å². The van der Waals surface area contributed by atoms with E-state index in [4.69, 9.17) is 11.6 Å². The van der Waals surface area contributed by atoms with Gasteiger partial charge in [0.1, 0.15) is 5.76 Å². The smallest absolute Gasteiger partial charge is 0.128 e. The van der Waals surface area contributed by atoms with Gasteiger partial charge in [0.2, 0.25) is 0 Å². The van der Waals surface area contributed by atoms with Crippen molar-refractivity contribution in [3.8, 4) is 0 Å². The molecule has 1 aromatic carbocycles. The maximum absolute atomic E-state index is 10.4. The van der Waals surface area contributed by atoms with Crippen molar-refractivity contribution in [2.45, 2.75) is 44.1 Å². The highest BCUT2D eigenvalue weighted by atomic mass is 35.5. The normalized spacial score (nSPS) is 26.1. The van der Waals surface area contributed by atoms with Crippen molar-refractivity contribution < 1.29 is 10.2 Å². The fourth-order valence-corrected chi connectivity index (χ4v) is 5.32. The van der Waals surface area contributed by atoms with Crippen molar-refractivity contribution in [3.63, 3.8) is 0 Å². The first-order valence-electron chi connectivity index (χ1n) is 9.58. The van der Waals surface area contributed by atoms with Gasteiger partial charge in [0.25, 0.3) is 0 Å². The lowest BCUT2D eigenvalue weighted by Crippen LogP contribution is -2.18. The Hall–Kier alpha value is -1.55. The summed E-state index contributed by atoms with van der Waals surface area (Å²) in [6, 6.07) is 14.3. The Balaban J connectivity index is 1.58. The van der Waals surface area contributed by atoms with E-state index in [1.807, 2.05) is 31.2 Å². The molecule has 0 amide bonds. The second-order valence-electron chi connectivity index (χ2n) is 7.16. The summed E-state index contributed by atoms with van der Waals surface area (Å²) in [4.78, 5) is 2.20. The first kappa shape index (κ1) is 20.2. The Morgan fingerprint density at radius 1 is 1.22 bits per heavy atom. The van der Waals surface area contributed by atoms with Crippen molar-refractivity contribution in [2.75, 3.05) is 0 Å². The summed E-state index contributed by atoms with van der Waals surface area (Å²) >= 11 is 8.21. The van der Waals surface area contributed by atoms with Crippen LogP contribution in [0.4, 0.5) is 0 Å². The van der Waals surface area contributed by atoms with Gasteiger partial charge in [-0.2, -0.15) is 0 Å². The first-order valence-corrected chi connectivity index (χ1v) is 10.8. The van der Waals surface area contributed by atoms with Crippen LogP contribution in [0.2, 0.25) is 0 Å². The van der Waals surface area contributed by atoms with Crippen molar-refractivity contribution >= 4 is 34.8 Å². The number of allylic oxidation sites excluding steroid dienone is 1. The van der Waals surface area contributed by atoms with Gasteiger partial charge in [0.05, 0.1) is 11.0 Å². The minimum atomic E-state index is -0.363. The Bertz CT molecular complexity index is 781. The SMILES string of the molecule is C/C=C(\O)c1ccc(CCC[C@@H]2[C@@H](/C=C\c3ccccc3)[C@H](O)C[C@H]2Cl)s1. The molecule has 1 aliphatic carbocycles. The molecule has 2 N–H and O–H groups in total. The lowest BCUT2D eigenvalue weighted by molar-refractivity contribution is 0.140. The molecule has 4 heteroatoms. The molecule has 1 heterocycles. The number of thiophene rings is 1. The Morgan fingerprint density at radius 2 is 2.00 bits per heavy atom. The fraction of sp³-hybridized carbons (Fsp3) is 0.391. The van der Waals surface area contributed by atoms with Crippen LogP contribution in [0.3, 0.4) is 0 Å². The van der Waals surface area contributed by atoms with Crippen molar-refractivity contribution in [1.29, 1.82) is 0 Å². The number of aryl methyl sites for hydroxylation is 1. The molecule has 3 rings (SSSR count). The van der Waals surface area contributed by atoms with Gasteiger partial charge in [0.15, 0.2) is 0 Å². The van der Waals surface area contributed by atoms with Gasteiger partial charge in [-0.15, -0.1) is 22.9 Å². The summed E-state index contributed by atoms with van der Waals surface area (Å²) < 4.78 is 0. The molecular formula is C23H27ClO2S. The van der Waals surface area contributed by atoms with Gasteiger partial charge < -0.3 is 10.2 Å². The van der Waals surface area contributed by atoms with Crippen LogP contribution in [0.25, 0.3) is 11.8 Å². The van der Waals surface area contributed by atoms with Crippen molar-refractivity contribution in [1.82, 2.24) is 0 Å². The van der Waals surface area contributed by atoms with E-state index in [1.54, 1.807) is 17.4 Å². The van der Waals surface area contributed by atoms with Crippen LogP contribution >= 0.6 is 22.9 Å². The molecule has 1 fully saturated rings. The van der Waals surface area contributed by atoms with Crippen LogP contribution in [0.15, 0.2) is 54.6 Å². The molecule has 2 nitrogen and oxygen atoms in total. The Kier molecular flexibility index (Phi) is 7.17. The molecule has 1 saturated carbocycles. The summed E-state index contributed by atoms with van der Waals surface area (Å²) in [6.45, 7) is 1.84. The molecule has 0 aliphatic heterocycles. The molecule has 1 aromatic heterocycles. The van der Waals surface area contributed by atoms with Crippen LogP contribution in [0.5, 0.6) is 0 Å². The standard InChI is InChI=1S/C23H27ClO2S/c1-2-21(25)23-14-12-17(27-23)9-6-10-18-19(22(26)15-20(18)24)13-11-16-7-4-3-5-8-16/h2-5,7-8,11-14,18-20,22,25-26H,6,9-10,15H2,1H3/b13-11-,21-2-/t18-,19-,20-,22-/m1/s1. The van der Waals surface area contributed by atoms with Gasteiger partial charge in [-0.05, 0) is 62.3 Å².